The maximum absolute atomic E-state index is 13.0. The molecule has 0 spiro atoms. The molecule has 1 aromatic heterocycles. The SMILES string of the molecule is Cc1ccc2c(C)c(C(=O)NC[C@@H](c3ccccc3Cl)N3CCCCC3)oc2c1. The Bertz CT molecular complexity index is 1020. The van der Waals surface area contributed by atoms with E-state index < -0.39 is 0 Å². The highest BCUT2D eigenvalue weighted by atomic mass is 35.5. The number of carbonyl (C=O) groups excluding carboxylic acids is 1. The van der Waals surface area contributed by atoms with Gasteiger partial charge in [-0.25, -0.2) is 0 Å². The Labute approximate surface area is 176 Å². The Morgan fingerprint density at radius 2 is 1.90 bits per heavy atom. The number of amides is 1. The number of rotatable bonds is 5. The van der Waals surface area contributed by atoms with Crippen LogP contribution in [0.3, 0.4) is 0 Å². The first-order chi connectivity index (χ1) is 14.0. The van der Waals surface area contributed by atoms with Crippen molar-refractivity contribution in [2.75, 3.05) is 19.6 Å². The molecule has 0 radical (unpaired) electrons. The fraction of sp³-hybridized carbons (Fsp3) is 0.375. The predicted octanol–water partition coefficient (Wildman–Crippen LogP) is 5.66. The van der Waals surface area contributed by atoms with Gasteiger partial charge in [0.05, 0.1) is 6.04 Å². The summed E-state index contributed by atoms with van der Waals surface area (Å²) in [5.41, 5.74) is 3.81. The van der Waals surface area contributed by atoms with E-state index in [1.807, 2.05) is 50.2 Å². The second kappa shape index (κ2) is 8.60. The number of hydrogen-bond donors (Lipinski definition) is 1. The lowest BCUT2D eigenvalue weighted by Crippen LogP contribution is -2.40. The van der Waals surface area contributed by atoms with Crippen LogP contribution in [0, 0.1) is 13.8 Å². The van der Waals surface area contributed by atoms with Gasteiger partial charge >= 0.3 is 0 Å². The van der Waals surface area contributed by atoms with Crippen molar-refractivity contribution in [1.82, 2.24) is 10.2 Å². The molecule has 2 aromatic carbocycles. The number of aryl methyl sites for hydroxylation is 2. The molecule has 1 atom stereocenters. The van der Waals surface area contributed by atoms with Crippen molar-refractivity contribution in [2.24, 2.45) is 0 Å². The summed E-state index contributed by atoms with van der Waals surface area (Å²) in [7, 11) is 0. The molecule has 1 aliphatic rings. The maximum atomic E-state index is 13.0. The number of halogens is 1. The smallest absolute Gasteiger partial charge is 0.287 e. The molecule has 0 aliphatic carbocycles. The predicted molar refractivity (Wildman–Crippen MR) is 118 cm³/mol. The molecule has 1 N–H and O–H groups in total. The zero-order chi connectivity index (χ0) is 20.4. The minimum Gasteiger partial charge on any atom is -0.451 e. The van der Waals surface area contributed by atoms with Crippen LogP contribution >= 0.6 is 11.6 Å². The number of piperidine rings is 1. The first-order valence-electron chi connectivity index (χ1n) is 10.3. The van der Waals surface area contributed by atoms with E-state index in [2.05, 4.69) is 16.3 Å². The summed E-state index contributed by atoms with van der Waals surface area (Å²) in [4.78, 5) is 15.4. The highest BCUT2D eigenvalue weighted by molar-refractivity contribution is 6.31. The lowest BCUT2D eigenvalue weighted by Gasteiger charge is -2.35. The lowest BCUT2D eigenvalue weighted by atomic mass is 10.0. The van der Waals surface area contributed by atoms with Crippen LogP contribution in [0.5, 0.6) is 0 Å². The van der Waals surface area contributed by atoms with Crippen LogP contribution in [0.15, 0.2) is 46.9 Å². The first-order valence-corrected chi connectivity index (χ1v) is 10.7. The highest BCUT2D eigenvalue weighted by Gasteiger charge is 2.26. The summed E-state index contributed by atoms with van der Waals surface area (Å²) in [5, 5.41) is 4.83. The zero-order valence-electron chi connectivity index (χ0n) is 17.0. The van der Waals surface area contributed by atoms with Crippen LogP contribution in [0.4, 0.5) is 0 Å². The summed E-state index contributed by atoms with van der Waals surface area (Å²) in [6.07, 6.45) is 3.61. The van der Waals surface area contributed by atoms with Crippen molar-refractivity contribution < 1.29 is 9.21 Å². The Kier molecular flexibility index (Phi) is 5.93. The molecule has 0 unspecified atom stereocenters. The van der Waals surface area contributed by atoms with E-state index >= 15 is 0 Å². The molecule has 4 rings (SSSR count). The fourth-order valence-electron chi connectivity index (χ4n) is 4.23. The average molecular weight is 411 g/mol. The Balaban J connectivity index is 1.56. The quantitative estimate of drug-likeness (QED) is 0.590. The number of nitrogens with one attached hydrogen (secondary N) is 1. The molecule has 3 aromatic rings. The Morgan fingerprint density at radius 1 is 1.14 bits per heavy atom. The van der Waals surface area contributed by atoms with Gasteiger partial charge in [-0.1, -0.05) is 48.4 Å². The monoisotopic (exact) mass is 410 g/mol. The summed E-state index contributed by atoms with van der Waals surface area (Å²) in [6.45, 7) is 6.50. The first kappa shape index (κ1) is 20.0. The van der Waals surface area contributed by atoms with Crippen molar-refractivity contribution >= 4 is 28.5 Å². The van der Waals surface area contributed by atoms with E-state index in [4.69, 9.17) is 16.0 Å². The molecule has 4 nitrogen and oxygen atoms in total. The Morgan fingerprint density at radius 3 is 2.66 bits per heavy atom. The number of fused-ring (bicyclic) bond motifs is 1. The maximum Gasteiger partial charge on any atom is 0.287 e. The fourth-order valence-corrected chi connectivity index (χ4v) is 4.49. The largest absolute Gasteiger partial charge is 0.451 e. The van der Waals surface area contributed by atoms with Gasteiger partial charge in [0, 0.05) is 22.5 Å². The summed E-state index contributed by atoms with van der Waals surface area (Å²) >= 11 is 6.51. The molecular weight excluding hydrogens is 384 g/mol. The van der Waals surface area contributed by atoms with Gasteiger partial charge in [-0.2, -0.15) is 0 Å². The van der Waals surface area contributed by atoms with Crippen LogP contribution in [0.2, 0.25) is 5.02 Å². The molecule has 1 amide bonds. The number of carbonyl (C=O) groups is 1. The van der Waals surface area contributed by atoms with Gasteiger partial charge in [-0.05, 0) is 63.0 Å². The van der Waals surface area contributed by atoms with Gasteiger partial charge in [0.25, 0.3) is 5.91 Å². The number of furan rings is 1. The molecule has 5 heteroatoms. The topological polar surface area (TPSA) is 45.5 Å². The minimum absolute atomic E-state index is 0.0554. The van der Waals surface area contributed by atoms with E-state index in [-0.39, 0.29) is 11.9 Å². The Hall–Kier alpha value is -2.30. The van der Waals surface area contributed by atoms with E-state index in [9.17, 15) is 4.79 Å². The van der Waals surface area contributed by atoms with Gasteiger partial charge in [0.2, 0.25) is 0 Å². The third kappa shape index (κ3) is 4.19. The van der Waals surface area contributed by atoms with Crippen molar-refractivity contribution in [1.29, 1.82) is 0 Å². The molecule has 2 heterocycles. The van der Waals surface area contributed by atoms with Gasteiger partial charge < -0.3 is 9.73 Å². The van der Waals surface area contributed by atoms with Crippen LogP contribution < -0.4 is 5.32 Å². The second-order valence-electron chi connectivity index (χ2n) is 7.90. The normalized spacial score (nSPS) is 16.1. The van der Waals surface area contributed by atoms with E-state index in [1.165, 1.54) is 19.3 Å². The second-order valence-corrected chi connectivity index (χ2v) is 8.31. The number of likely N-dealkylation sites (tertiary alicyclic amines) is 1. The van der Waals surface area contributed by atoms with Crippen molar-refractivity contribution in [2.45, 2.75) is 39.2 Å². The molecule has 152 valence electrons. The molecule has 0 bridgehead atoms. The van der Waals surface area contributed by atoms with Gasteiger partial charge in [0.1, 0.15) is 5.58 Å². The standard InChI is InChI=1S/C24H27ClN2O2/c1-16-10-11-18-17(2)23(29-22(18)14-16)24(28)26-15-21(27-12-6-3-7-13-27)19-8-4-5-9-20(19)25/h4-5,8-11,14,21H,3,6-7,12-13,15H2,1-2H3,(H,26,28)/t21-/m0/s1. The summed E-state index contributed by atoms with van der Waals surface area (Å²) in [5.74, 6) is 0.215. The van der Waals surface area contributed by atoms with E-state index in [1.54, 1.807) is 0 Å². The van der Waals surface area contributed by atoms with Gasteiger partial charge in [-0.3, -0.25) is 9.69 Å². The van der Waals surface area contributed by atoms with Crippen molar-refractivity contribution in [3.8, 4) is 0 Å². The van der Waals surface area contributed by atoms with Gasteiger partial charge in [0.15, 0.2) is 5.76 Å². The molecule has 1 saturated heterocycles. The number of benzene rings is 2. The molecule has 0 saturated carbocycles. The summed E-state index contributed by atoms with van der Waals surface area (Å²) < 4.78 is 5.90. The third-order valence-electron chi connectivity index (χ3n) is 5.85. The number of nitrogens with zero attached hydrogens (tertiary/aromatic N) is 1. The molecular formula is C24H27ClN2O2. The summed E-state index contributed by atoms with van der Waals surface area (Å²) in [6, 6.07) is 14.0. The van der Waals surface area contributed by atoms with Crippen molar-refractivity contribution in [3.05, 3.63) is 69.9 Å². The average Bonchev–Trinajstić information content (AvgIpc) is 3.06. The van der Waals surface area contributed by atoms with Crippen molar-refractivity contribution in [3.63, 3.8) is 0 Å². The highest BCUT2D eigenvalue weighted by Crippen LogP contribution is 2.30. The molecule has 1 aliphatic heterocycles. The van der Waals surface area contributed by atoms with Crippen LogP contribution in [0.25, 0.3) is 11.0 Å². The van der Waals surface area contributed by atoms with Crippen LogP contribution in [0.1, 0.15) is 52.5 Å². The number of hydrogen-bond acceptors (Lipinski definition) is 3. The molecule has 29 heavy (non-hydrogen) atoms. The van der Waals surface area contributed by atoms with E-state index in [0.29, 0.717) is 12.3 Å². The third-order valence-corrected chi connectivity index (χ3v) is 6.20. The van der Waals surface area contributed by atoms with Gasteiger partial charge in [-0.15, -0.1) is 0 Å². The molecule has 1 fully saturated rings. The van der Waals surface area contributed by atoms with Crippen LogP contribution in [-0.4, -0.2) is 30.4 Å². The van der Waals surface area contributed by atoms with E-state index in [0.717, 1.165) is 45.8 Å². The van der Waals surface area contributed by atoms with Crippen LogP contribution in [-0.2, 0) is 0 Å². The lowest BCUT2D eigenvalue weighted by molar-refractivity contribution is 0.0898. The minimum atomic E-state index is -0.176. The zero-order valence-corrected chi connectivity index (χ0v) is 17.8.